The monoisotopic (exact) mass is 783 g/mol. The fourth-order valence-electron chi connectivity index (χ4n) is 4.84. The molecule has 0 spiro atoms. The number of amides is 2. The first kappa shape index (κ1) is 47.7. The summed E-state index contributed by atoms with van der Waals surface area (Å²) in [5.74, 6) is 6.33. The Hall–Kier alpha value is -6.30. The minimum absolute atomic E-state index is 0.0508. The molecule has 0 aliphatic carbocycles. The van der Waals surface area contributed by atoms with Crippen molar-refractivity contribution in [3.05, 3.63) is 116 Å². The van der Waals surface area contributed by atoms with Crippen LogP contribution in [0.2, 0.25) is 0 Å². The van der Waals surface area contributed by atoms with E-state index in [0.29, 0.717) is 54.5 Å². The van der Waals surface area contributed by atoms with Crippen molar-refractivity contribution in [2.75, 3.05) is 13.2 Å². The molecule has 56 heavy (non-hydrogen) atoms. The number of ether oxygens (including phenoxy) is 2. The Morgan fingerprint density at radius 3 is 2.21 bits per heavy atom. The maximum Gasteiger partial charge on any atom is 0.451 e. The number of nitrogens with two attached hydrogens (primary N) is 2. The third-order valence-corrected chi connectivity index (χ3v) is 8.04. The number of unbranched alkanes of at least 4 members (excludes halogenated alkanes) is 2. The Morgan fingerprint density at radius 1 is 0.982 bits per heavy atom. The summed E-state index contributed by atoms with van der Waals surface area (Å²) in [5, 5.41) is 22.8. The van der Waals surface area contributed by atoms with E-state index in [0.717, 1.165) is 29.5 Å². The highest BCUT2D eigenvalue weighted by atomic mass is 17.0. The summed E-state index contributed by atoms with van der Waals surface area (Å²) in [5.41, 5.74) is 9.72. The predicted octanol–water partition coefficient (Wildman–Crippen LogP) is 6.27. The highest BCUT2D eigenvalue weighted by Gasteiger charge is 2.23. The summed E-state index contributed by atoms with van der Waals surface area (Å²) in [6.07, 6.45) is 7.44. The smallest absolute Gasteiger partial charge is 0.451 e. The number of hydrogen-bond donors (Lipinski definition) is 2. The number of benzene rings is 2. The van der Waals surface area contributed by atoms with Crippen LogP contribution in [0, 0.1) is 26.1 Å². The summed E-state index contributed by atoms with van der Waals surface area (Å²) in [6.45, 7) is 14.9. The molecule has 2 rings (SSSR count). The van der Waals surface area contributed by atoms with Gasteiger partial charge in [0.15, 0.2) is 5.84 Å². The van der Waals surface area contributed by atoms with Crippen molar-refractivity contribution < 1.29 is 43.7 Å². The molecule has 0 heterocycles. The molecular formula is C38H53N7O11. The van der Waals surface area contributed by atoms with E-state index >= 15 is 0 Å². The molecule has 2 aromatic rings. The number of hydrazone groups is 1. The second kappa shape index (κ2) is 26.5. The molecule has 0 bridgehead atoms. The Morgan fingerprint density at radius 2 is 1.64 bits per heavy atom. The van der Waals surface area contributed by atoms with Gasteiger partial charge in [-0.05, 0) is 73.4 Å². The molecule has 0 saturated carbocycles. The van der Waals surface area contributed by atoms with E-state index in [2.05, 4.69) is 53.8 Å². The highest BCUT2D eigenvalue weighted by molar-refractivity contribution is 6.11. The second-order valence-electron chi connectivity index (χ2n) is 12.4. The predicted molar refractivity (Wildman–Crippen MR) is 209 cm³/mol. The fourth-order valence-corrected chi connectivity index (χ4v) is 4.84. The Balaban J connectivity index is 0.00000123. The molecule has 4 N–H and O–H groups in total. The SMILES string of the molecule is C=C/C=C(C(=C/C)\c1ccc(CN(C(=O)CCCC)C(C)C(C)C)cc1)/C(N)=N/N(N)C(=O)Oc1cccc(CO[N+](=O)[O-])c1.O=COCCCCO[N+](=O)[O-]. The standard InChI is InChI=1S/C33H44N6O6.C5H9NO5/c1-7-10-15-31(40)37(24(6)23(4)5)21-25-16-18-27(19-17-25)29(9-3)30(12-8-2)32(34)36-38(35)33(41)45-28-14-11-13-26(20-28)22-44-39(42)43;7-5-10-3-1-2-4-11-6(8)9/h8-9,11-14,16-20,23-24H,2,7,10,15,21-22,35H2,1,3-6H3,(H2,34,36);5H,1-4H2/b29-9-,30-12+;. The first-order valence-electron chi connectivity index (χ1n) is 17.9. The van der Waals surface area contributed by atoms with E-state index in [1.54, 1.807) is 24.3 Å². The average molecular weight is 784 g/mol. The van der Waals surface area contributed by atoms with Crippen LogP contribution in [-0.4, -0.2) is 63.8 Å². The molecule has 0 aliphatic rings. The van der Waals surface area contributed by atoms with Gasteiger partial charge < -0.3 is 29.8 Å². The maximum atomic E-state index is 13.0. The van der Waals surface area contributed by atoms with Crippen molar-refractivity contribution in [3.8, 4) is 5.75 Å². The molecule has 0 fully saturated rings. The van der Waals surface area contributed by atoms with Crippen molar-refractivity contribution in [2.24, 2.45) is 22.6 Å². The molecule has 0 saturated heterocycles. The topological polar surface area (TPSA) is 245 Å². The van der Waals surface area contributed by atoms with Gasteiger partial charge in [0.1, 0.15) is 12.4 Å². The van der Waals surface area contributed by atoms with E-state index in [9.17, 15) is 34.6 Å². The summed E-state index contributed by atoms with van der Waals surface area (Å²) >= 11 is 0. The van der Waals surface area contributed by atoms with Gasteiger partial charge in [0.25, 0.3) is 16.6 Å². The fraction of sp³-hybridized carbons (Fsp3) is 0.421. The lowest BCUT2D eigenvalue weighted by Gasteiger charge is -2.32. The Labute approximate surface area is 326 Å². The van der Waals surface area contributed by atoms with Gasteiger partial charge in [0.05, 0.1) is 13.2 Å². The number of nitrogens with zero attached hydrogens (tertiary/aromatic N) is 5. The molecule has 306 valence electrons. The zero-order valence-corrected chi connectivity index (χ0v) is 32.5. The number of carbonyl (C=O) groups excluding carboxylic acids is 3. The number of hydrogen-bond acceptors (Lipinski definition) is 13. The quantitative estimate of drug-likeness (QED) is 0.0145. The van der Waals surface area contributed by atoms with Crippen molar-refractivity contribution in [3.63, 3.8) is 0 Å². The molecule has 0 aliphatic heterocycles. The lowest BCUT2D eigenvalue weighted by molar-refractivity contribution is -0.763. The van der Waals surface area contributed by atoms with Gasteiger partial charge in [-0.3, -0.25) is 9.59 Å². The van der Waals surface area contributed by atoms with Crippen LogP contribution >= 0.6 is 0 Å². The van der Waals surface area contributed by atoms with Crippen LogP contribution in [0.15, 0.2) is 84.0 Å². The van der Waals surface area contributed by atoms with Gasteiger partial charge in [0.2, 0.25) is 5.91 Å². The lowest BCUT2D eigenvalue weighted by Crippen LogP contribution is -2.40. The molecule has 18 nitrogen and oxygen atoms in total. The minimum atomic E-state index is -1.04. The molecule has 2 aromatic carbocycles. The summed E-state index contributed by atoms with van der Waals surface area (Å²) in [6, 6.07) is 13.9. The van der Waals surface area contributed by atoms with E-state index in [-0.39, 0.29) is 43.4 Å². The molecule has 2 amide bonds. The average Bonchev–Trinajstić information content (AvgIpc) is 3.16. The number of amidine groups is 1. The second-order valence-corrected chi connectivity index (χ2v) is 12.4. The van der Waals surface area contributed by atoms with Crippen LogP contribution in [0.5, 0.6) is 5.75 Å². The van der Waals surface area contributed by atoms with Crippen LogP contribution in [0.25, 0.3) is 5.57 Å². The van der Waals surface area contributed by atoms with Gasteiger partial charge in [-0.15, -0.1) is 30.4 Å². The van der Waals surface area contributed by atoms with Crippen molar-refractivity contribution in [2.45, 2.75) is 85.9 Å². The van der Waals surface area contributed by atoms with Gasteiger partial charge >= 0.3 is 6.09 Å². The van der Waals surface area contributed by atoms with Gasteiger partial charge in [-0.25, -0.2) is 10.6 Å². The van der Waals surface area contributed by atoms with Crippen molar-refractivity contribution >= 4 is 29.9 Å². The van der Waals surface area contributed by atoms with E-state index in [1.165, 1.54) is 12.1 Å². The van der Waals surface area contributed by atoms with Crippen LogP contribution in [0.3, 0.4) is 0 Å². The Kier molecular flexibility index (Phi) is 22.6. The summed E-state index contributed by atoms with van der Waals surface area (Å²) in [4.78, 5) is 65.6. The number of allylic oxidation sites excluding steroid dienone is 3. The molecule has 0 radical (unpaired) electrons. The van der Waals surface area contributed by atoms with Crippen LogP contribution in [0.1, 0.15) is 83.4 Å². The zero-order valence-electron chi connectivity index (χ0n) is 32.5. The largest absolute Gasteiger partial charge is 0.468 e. The third-order valence-electron chi connectivity index (χ3n) is 8.04. The first-order chi connectivity index (χ1) is 26.7. The van der Waals surface area contributed by atoms with Crippen LogP contribution < -0.4 is 16.3 Å². The van der Waals surface area contributed by atoms with Crippen LogP contribution in [0.4, 0.5) is 4.79 Å². The number of carbonyl (C=O) groups is 3. The minimum Gasteiger partial charge on any atom is -0.468 e. The van der Waals surface area contributed by atoms with E-state index in [4.69, 9.17) is 16.3 Å². The third kappa shape index (κ3) is 18.2. The molecule has 18 heteroatoms. The molecule has 0 aromatic heterocycles. The van der Waals surface area contributed by atoms with Gasteiger partial charge in [-0.1, -0.05) is 88.4 Å². The highest BCUT2D eigenvalue weighted by Crippen LogP contribution is 2.26. The summed E-state index contributed by atoms with van der Waals surface area (Å²) < 4.78 is 9.58. The molecular weight excluding hydrogens is 730 g/mol. The zero-order chi connectivity index (χ0) is 42.0. The van der Waals surface area contributed by atoms with Crippen LogP contribution in [-0.2, 0) is 37.2 Å². The molecule has 1 unspecified atom stereocenters. The van der Waals surface area contributed by atoms with E-state index in [1.807, 2.05) is 42.2 Å². The van der Waals surface area contributed by atoms with Crippen molar-refractivity contribution in [1.29, 1.82) is 0 Å². The van der Waals surface area contributed by atoms with Gasteiger partial charge in [-0.2, -0.15) is 0 Å². The van der Waals surface area contributed by atoms with Gasteiger partial charge in [0, 0.05) is 24.6 Å². The van der Waals surface area contributed by atoms with E-state index < -0.39 is 16.3 Å². The Bertz CT molecular complexity index is 1680. The maximum absolute atomic E-state index is 13.0. The normalized spacial score (nSPS) is 12.0. The number of rotatable bonds is 23. The summed E-state index contributed by atoms with van der Waals surface area (Å²) in [7, 11) is 0. The molecule has 1 atom stereocenters. The number of hydrazine groups is 1. The first-order valence-corrected chi connectivity index (χ1v) is 17.9. The van der Waals surface area contributed by atoms with Crippen molar-refractivity contribution in [1.82, 2.24) is 10.0 Å². The lowest BCUT2D eigenvalue weighted by atomic mass is 9.95.